The highest BCUT2D eigenvalue weighted by Gasteiger charge is 2.01. The van der Waals surface area contributed by atoms with E-state index >= 15 is 0 Å². The Morgan fingerprint density at radius 1 is 1.00 bits per heavy atom. The molecule has 0 spiro atoms. The maximum atomic E-state index is 9.76. The lowest BCUT2D eigenvalue weighted by atomic mass is 10.2. The molecule has 0 fully saturated rings. The van der Waals surface area contributed by atoms with Crippen molar-refractivity contribution in [3.8, 4) is 0 Å². The number of carboxylic acids is 1. The predicted octanol–water partition coefficient (Wildman–Crippen LogP) is -2.37. The molecule has 29 heavy (non-hydrogen) atoms. The number of nitrogens with two attached hydrogens (primary N) is 1. The van der Waals surface area contributed by atoms with Crippen LogP contribution in [-0.2, 0) is 4.79 Å². The molecule has 182 valence electrons. The highest BCUT2D eigenvalue weighted by molar-refractivity contribution is 5.68. The minimum absolute atomic E-state index is 0.542. The van der Waals surface area contributed by atoms with Crippen molar-refractivity contribution in [2.75, 3.05) is 68.5 Å². The zero-order valence-electron chi connectivity index (χ0n) is 22.2. The van der Waals surface area contributed by atoms with Gasteiger partial charge in [-0.1, -0.05) is 34.6 Å². The normalized spacial score (nSPS) is 10.7. The summed E-state index contributed by atoms with van der Waals surface area (Å²) in [4.78, 5) is 11.3. The molecule has 0 heterocycles. The largest absolute Gasteiger partial charge is 0.544 e. The van der Waals surface area contributed by atoms with E-state index in [4.69, 9.17) is 0 Å². The number of rotatable bonds is 9. The molecule has 0 rings (SSSR count). The minimum Gasteiger partial charge on any atom is -0.544 e. The van der Waals surface area contributed by atoms with E-state index in [-0.39, 0.29) is 0 Å². The van der Waals surface area contributed by atoms with Crippen molar-refractivity contribution in [2.45, 2.75) is 72.8 Å². The van der Waals surface area contributed by atoms with E-state index in [9.17, 15) is 9.90 Å². The molecule has 0 saturated carbocycles. The van der Waals surface area contributed by atoms with Crippen molar-refractivity contribution in [1.82, 2.24) is 0 Å². The van der Waals surface area contributed by atoms with Crippen LogP contribution >= 0.6 is 0 Å². The van der Waals surface area contributed by atoms with E-state index in [0.717, 1.165) is 11.0 Å². The number of carboxylic acid groups (broad SMARTS) is 1. The van der Waals surface area contributed by atoms with Gasteiger partial charge in [0.15, 0.2) is 0 Å². The van der Waals surface area contributed by atoms with Crippen LogP contribution in [0.1, 0.15) is 66.7 Å². The van der Waals surface area contributed by atoms with Crippen molar-refractivity contribution >= 4 is 5.97 Å². The summed E-state index contributed by atoms with van der Waals surface area (Å²) in [6, 6.07) is -0.542. The van der Waals surface area contributed by atoms with Gasteiger partial charge in [-0.2, -0.15) is 0 Å². The Bertz CT molecular complexity index is 279. The van der Waals surface area contributed by atoms with Gasteiger partial charge < -0.3 is 36.1 Å². The highest BCUT2D eigenvalue weighted by Crippen LogP contribution is 1.90. The monoisotopic (exact) mass is 427 g/mol. The van der Waals surface area contributed by atoms with Crippen LogP contribution in [0.4, 0.5) is 0 Å². The van der Waals surface area contributed by atoms with Gasteiger partial charge in [0.1, 0.15) is 6.04 Å². The third kappa shape index (κ3) is 74.7. The number of nitrogens with zero attached hydrogens (tertiary/aromatic N) is 1. The molecule has 7 nitrogen and oxygen atoms in total. The first-order valence-electron chi connectivity index (χ1n) is 11.5. The Morgan fingerprint density at radius 2 is 1.45 bits per heavy atom. The van der Waals surface area contributed by atoms with Crippen LogP contribution in [0, 0.1) is 0 Å². The molecule has 0 aliphatic heterocycles. The maximum absolute atomic E-state index is 9.76. The molecule has 0 aromatic heterocycles. The van der Waals surface area contributed by atoms with Crippen LogP contribution in [0.15, 0.2) is 0 Å². The maximum Gasteiger partial charge on any atom is 0.124 e. The lowest BCUT2D eigenvalue weighted by molar-refractivity contribution is -0.870. The molecule has 0 aromatic carbocycles. The molecular weight excluding hydrogens is 366 g/mol. The van der Waals surface area contributed by atoms with E-state index in [1.807, 2.05) is 0 Å². The van der Waals surface area contributed by atoms with Gasteiger partial charge in [-0.3, -0.25) is 0 Å². The van der Waals surface area contributed by atoms with E-state index in [0.29, 0.717) is 6.42 Å². The average Bonchev–Trinajstić information content (AvgIpc) is 2.62. The van der Waals surface area contributed by atoms with Crippen molar-refractivity contribution in [1.29, 1.82) is 0 Å². The first-order valence-corrected chi connectivity index (χ1v) is 11.5. The van der Waals surface area contributed by atoms with Crippen molar-refractivity contribution in [2.24, 2.45) is 0 Å². The molecule has 0 amide bonds. The zero-order chi connectivity index (χ0) is 24.3. The number of hydrogen-bond donors (Lipinski definition) is 4. The molecule has 0 bridgehead atoms. The van der Waals surface area contributed by atoms with Crippen LogP contribution < -0.4 is 26.8 Å². The fourth-order valence-electron chi connectivity index (χ4n) is 1.63. The smallest absolute Gasteiger partial charge is 0.124 e. The average molecular weight is 428 g/mol. The molecule has 0 aromatic rings. The summed E-state index contributed by atoms with van der Waals surface area (Å²) in [5.41, 5.74) is 6.90. The van der Waals surface area contributed by atoms with Crippen LogP contribution in [0.2, 0.25) is 0 Å². The Balaban J connectivity index is -0.0000000840. The predicted molar refractivity (Wildman–Crippen MR) is 124 cm³/mol. The molecule has 9 N–H and O–H groups in total. The van der Waals surface area contributed by atoms with Crippen LogP contribution in [-0.4, -0.2) is 85.0 Å². The molecule has 0 radical (unpaired) electrons. The fraction of sp³-hybridized carbons (Fsp3) is 0.955. The second-order valence-electron chi connectivity index (χ2n) is 8.45. The number of nitrogens with one attached hydrogen (secondary N) is 1. The van der Waals surface area contributed by atoms with E-state index in [2.05, 4.69) is 86.8 Å². The van der Waals surface area contributed by atoms with Crippen molar-refractivity contribution in [3.63, 3.8) is 0 Å². The van der Waals surface area contributed by atoms with Gasteiger partial charge in [0.25, 0.3) is 0 Å². The Hall–Kier alpha value is -0.730. The highest BCUT2D eigenvalue weighted by atomic mass is 16.4. The summed E-state index contributed by atoms with van der Waals surface area (Å²) in [6.07, 6.45) is 5.62. The first-order chi connectivity index (χ1) is 13.3. The van der Waals surface area contributed by atoms with Gasteiger partial charge >= 0.3 is 0 Å². The van der Waals surface area contributed by atoms with Gasteiger partial charge in [-0.15, -0.1) is 0 Å². The molecule has 0 saturated heterocycles. The van der Waals surface area contributed by atoms with Crippen LogP contribution in [0.25, 0.3) is 0 Å². The molecule has 0 aliphatic rings. The molecule has 0 aliphatic carbocycles. The zero-order valence-corrected chi connectivity index (χ0v) is 22.2. The second kappa shape index (κ2) is 31.9. The molecule has 1 atom stereocenters. The third-order valence-electron chi connectivity index (χ3n) is 3.40. The summed E-state index contributed by atoms with van der Waals surface area (Å²) in [5.74, 6) is -1.07. The van der Waals surface area contributed by atoms with E-state index in [1.165, 1.54) is 50.2 Å². The number of carbonyl (C=O) groups is 1. The summed E-state index contributed by atoms with van der Waals surface area (Å²) < 4.78 is 1.09. The number of aliphatic carboxylic acids is 1. The summed E-state index contributed by atoms with van der Waals surface area (Å²) in [5, 5.41) is 11.9. The summed E-state index contributed by atoms with van der Waals surface area (Å²) in [7, 11) is 13.1. The van der Waals surface area contributed by atoms with Crippen molar-refractivity contribution < 1.29 is 36.1 Å². The van der Waals surface area contributed by atoms with E-state index in [1.54, 1.807) is 6.92 Å². The third-order valence-corrected chi connectivity index (χ3v) is 3.40. The number of hydrogen-bond acceptors (Lipinski definition) is 2. The lowest BCUT2D eigenvalue weighted by Gasteiger charge is -2.22. The minimum atomic E-state index is -1.07. The Kier molecular flexibility index (Phi) is 42.8. The molecular formula is C22H61N5O2+4. The number of quaternary nitrogens is 5. The van der Waals surface area contributed by atoms with Crippen LogP contribution in [0.3, 0.4) is 0 Å². The number of carbonyl (C=O) groups excluding carboxylic acids is 1. The van der Waals surface area contributed by atoms with Gasteiger partial charge in [0.05, 0.1) is 74.4 Å². The van der Waals surface area contributed by atoms with E-state index < -0.39 is 12.0 Å². The SMILES string of the molecule is CCC([NH3+])C(=O)[O-].CCC[N+](C)(C)C.CCC[NH+](C)C.CCC[NH2+]C.CCC[NH3+]. The van der Waals surface area contributed by atoms with Gasteiger partial charge in [-0.25, -0.2) is 0 Å². The van der Waals surface area contributed by atoms with Crippen molar-refractivity contribution in [3.05, 3.63) is 0 Å². The first kappa shape index (κ1) is 38.8. The Labute approximate surface area is 183 Å². The van der Waals surface area contributed by atoms with Gasteiger partial charge in [0.2, 0.25) is 0 Å². The molecule has 7 heteroatoms. The lowest BCUT2D eigenvalue weighted by Crippen LogP contribution is -3.05. The summed E-state index contributed by atoms with van der Waals surface area (Å²) in [6.45, 7) is 15.4. The Morgan fingerprint density at radius 3 is 1.45 bits per heavy atom. The quantitative estimate of drug-likeness (QED) is 0.308. The topological polar surface area (TPSA) is 116 Å². The molecule has 1 unspecified atom stereocenters. The van der Waals surface area contributed by atoms with Gasteiger partial charge in [0, 0.05) is 6.42 Å². The fourth-order valence-corrected chi connectivity index (χ4v) is 1.63. The standard InChI is InChI=1S/C6H16N.C5H13N.C4H9NO2.C4H11N.C3H9N/c1-5-6-7(2,3)4;1-4-5-6(2)3;1-2-3(5)4(6)7;1-3-4-5-2;1-2-3-4/h5-6H2,1-4H3;4-5H2,1-3H3;3H,2,5H2,1H3,(H,6,7);5H,3-4H2,1-2H3;2-4H2,1H3/q+1;;;;/p+3. The summed E-state index contributed by atoms with van der Waals surface area (Å²) >= 11 is 0. The van der Waals surface area contributed by atoms with Crippen LogP contribution in [0.5, 0.6) is 0 Å². The second-order valence-corrected chi connectivity index (χ2v) is 8.45. The van der Waals surface area contributed by atoms with Gasteiger partial charge in [-0.05, 0) is 25.7 Å².